The van der Waals surface area contributed by atoms with E-state index in [2.05, 4.69) is 18.7 Å². The van der Waals surface area contributed by atoms with Crippen LogP contribution >= 0.6 is 0 Å². The van der Waals surface area contributed by atoms with Crippen molar-refractivity contribution in [2.45, 2.75) is 70.9 Å². The second-order valence-electron chi connectivity index (χ2n) is 6.12. The fourth-order valence-corrected chi connectivity index (χ4v) is 3.63. The highest BCUT2D eigenvalue weighted by molar-refractivity contribution is 4.94. The van der Waals surface area contributed by atoms with Crippen LogP contribution in [0.4, 0.5) is 0 Å². The summed E-state index contributed by atoms with van der Waals surface area (Å²) in [5.74, 6) is 1.73. The van der Waals surface area contributed by atoms with E-state index in [9.17, 15) is 0 Å². The number of nitrogens with zero attached hydrogens (tertiary/aromatic N) is 1. The molecule has 0 radical (unpaired) electrons. The van der Waals surface area contributed by atoms with E-state index in [0.717, 1.165) is 30.5 Å². The monoisotopic (exact) mass is 238 g/mol. The van der Waals surface area contributed by atoms with Gasteiger partial charge in [0.05, 0.1) is 0 Å². The number of nitrogens with two attached hydrogens (primary N) is 1. The highest BCUT2D eigenvalue weighted by atomic mass is 15.2. The zero-order chi connectivity index (χ0) is 12.3. The zero-order valence-corrected chi connectivity index (χ0v) is 11.7. The lowest BCUT2D eigenvalue weighted by Crippen LogP contribution is -2.48. The fraction of sp³-hybridized carbons (Fsp3) is 1.00. The Morgan fingerprint density at radius 2 is 1.88 bits per heavy atom. The van der Waals surface area contributed by atoms with Gasteiger partial charge in [-0.2, -0.15) is 0 Å². The van der Waals surface area contributed by atoms with E-state index < -0.39 is 0 Å². The van der Waals surface area contributed by atoms with Crippen molar-refractivity contribution in [3.63, 3.8) is 0 Å². The van der Waals surface area contributed by atoms with Crippen LogP contribution in [0.2, 0.25) is 0 Å². The van der Waals surface area contributed by atoms with E-state index in [-0.39, 0.29) is 0 Å². The van der Waals surface area contributed by atoms with Crippen molar-refractivity contribution in [3.05, 3.63) is 0 Å². The maximum atomic E-state index is 6.01. The van der Waals surface area contributed by atoms with Crippen LogP contribution in [-0.2, 0) is 0 Å². The summed E-state index contributed by atoms with van der Waals surface area (Å²) >= 11 is 0. The predicted octanol–water partition coefficient (Wildman–Crippen LogP) is 3.01. The van der Waals surface area contributed by atoms with Gasteiger partial charge < -0.3 is 5.73 Å². The Morgan fingerprint density at radius 1 is 1.12 bits per heavy atom. The summed E-state index contributed by atoms with van der Waals surface area (Å²) in [6.07, 6.45) is 9.72. The van der Waals surface area contributed by atoms with Gasteiger partial charge in [-0.15, -0.1) is 0 Å². The van der Waals surface area contributed by atoms with Gasteiger partial charge in [-0.05, 0) is 57.0 Å². The van der Waals surface area contributed by atoms with Crippen LogP contribution in [0.3, 0.4) is 0 Å². The minimum Gasteiger partial charge on any atom is -0.330 e. The molecule has 2 aliphatic carbocycles. The van der Waals surface area contributed by atoms with Gasteiger partial charge in [0.2, 0.25) is 0 Å². The molecule has 2 aliphatic rings. The number of hydrogen-bond acceptors (Lipinski definition) is 2. The number of hydrogen-bond donors (Lipinski definition) is 1. The molecule has 0 amide bonds. The molecule has 3 unspecified atom stereocenters. The highest BCUT2D eigenvalue weighted by Gasteiger charge is 2.39. The largest absolute Gasteiger partial charge is 0.330 e. The molecule has 0 spiro atoms. The third-order valence-electron chi connectivity index (χ3n) is 4.87. The third kappa shape index (κ3) is 3.23. The van der Waals surface area contributed by atoms with E-state index in [1.165, 1.54) is 51.5 Å². The summed E-state index contributed by atoms with van der Waals surface area (Å²) in [7, 11) is 0. The first-order chi connectivity index (χ1) is 8.30. The molecule has 0 bridgehead atoms. The molecular weight excluding hydrogens is 208 g/mol. The molecule has 2 nitrogen and oxygen atoms in total. The molecule has 2 saturated carbocycles. The maximum Gasteiger partial charge on any atom is 0.0141 e. The number of rotatable bonds is 6. The van der Waals surface area contributed by atoms with Crippen molar-refractivity contribution >= 4 is 0 Å². The second kappa shape index (κ2) is 6.19. The molecule has 0 aromatic rings. The first-order valence-electron chi connectivity index (χ1n) is 7.75. The van der Waals surface area contributed by atoms with Gasteiger partial charge in [-0.1, -0.05) is 26.7 Å². The van der Waals surface area contributed by atoms with E-state index in [0.29, 0.717) is 0 Å². The Kier molecular flexibility index (Phi) is 4.87. The molecule has 2 heteroatoms. The van der Waals surface area contributed by atoms with Crippen molar-refractivity contribution in [3.8, 4) is 0 Å². The molecule has 2 rings (SSSR count). The average molecular weight is 238 g/mol. The van der Waals surface area contributed by atoms with Crippen molar-refractivity contribution in [2.24, 2.45) is 17.6 Å². The van der Waals surface area contributed by atoms with Crippen molar-refractivity contribution < 1.29 is 0 Å². The molecule has 0 heterocycles. The lowest BCUT2D eigenvalue weighted by Gasteiger charge is -2.42. The van der Waals surface area contributed by atoms with E-state index >= 15 is 0 Å². The van der Waals surface area contributed by atoms with Crippen LogP contribution in [0.25, 0.3) is 0 Å². The van der Waals surface area contributed by atoms with Crippen molar-refractivity contribution in [2.75, 3.05) is 13.1 Å². The quantitative estimate of drug-likeness (QED) is 0.771. The summed E-state index contributed by atoms with van der Waals surface area (Å²) < 4.78 is 0. The van der Waals surface area contributed by atoms with E-state index in [1.807, 2.05) is 0 Å². The zero-order valence-electron chi connectivity index (χ0n) is 11.7. The Labute approximate surface area is 107 Å². The first kappa shape index (κ1) is 13.4. The maximum absolute atomic E-state index is 6.01. The summed E-state index contributed by atoms with van der Waals surface area (Å²) in [6.45, 7) is 6.86. The highest BCUT2D eigenvalue weighted by Crippen LogP contribution is 2.38. The van der Waals surface area contributed by atoms with E-state index in [4.69, 9.17) is 5.73 Å². The Balaban J connectivity index is 2.01. The van der Waals surface area contributed by atoms with Crippen LogP contribution in [0.5, 0.6) is 0 Å². The fourth-order valence-electron chi connectivity index (χ4n) is 3.63. The van der Waals surface area contributed by atoms with Gasteiger partial charge in [0.1, 0.15) is 0 Å². The Bertz CT molecular complexity index is 225. The van der Waals surface area contributed by atoms with Crippen LogP contribution in [-0.4, -0.2) is 30.1 Å². The molecule has 2 fully saturated rings. The van der Waals surface area contributed by atoms with Gasteiger partial charge in [0.15, 0.2) is 0 Å². The first-order valence-corrected chi connectivity index (χ1v) is 7.75. The summed E-state index contributed by atoms with van der Waals surface area (Å²) in [4.78, 5) is 2.82. The standard InChI is InChI=1S/C15H30N2/c1-3-9-17(14-7-8-14)15-10-12(4-2)5-6-13(15)11-16/h12-15H,3-11,16H2,1-2H3. The SMILES string of the molecule is CCCN(C1CC1)C1CC(CC)CCC1CN. The van der Waals surface area contributed by atoms with Crippen molar-refractivity contribution in [1.29, 1.82) is 0 Å². The van der Waals surface area contributed by atoms with Crippen LogP contribution in [0.1, 0.15) is 58.8 Å². The summed E-state index contributed by atoms with van der Waals surface area (Å²) in [5, 5.41) is 0. The predicted molar refractivity (Wildman–Crippen MR) is 74.0 cm³/mol. The molecule has 17 heavy (non-hydrogen) atoms. The molecule has 2 N–H and O–H groups in total. The van der Waals surface area contributed by atoms with Gasteiger partial charge in [-0.3, -0.25) is 4.90 Å². The van der Waals surface area contributed by atoms with Crippen molar-refractivity contribution in [1.82, 2.24) is 4.90 Å². The molecule has 0 aromatic heterocycles. The molecular formula is C15H30N2. The smallest absolute Gasteiger partial charge is 0.0141 e. The summed E-state index contributed by atoms with van der Waals surface area (Å²) in [6, 6.07) is 1.70. The van der Waals surface area contributed by atoms with Gasteiger partial charge in [-0.25, -0.2) is 0 Å². The van der Waals surface area contributed by atoms with E-state index in [1.54, 1.807) is 0 Å². The minimum absolute atomic E-state index is 0.768. The molecule has 100 valence electrons. The van der Waals surface area contributed by atoms with Crippen LogP contribution in [0, 0.1) is 11.8 Å². The Hall–Kier alpha value is -0.0800. The second-order valence-corrected chi connectivity index (χ2v) is 6.12. The molecule has 0 aromatic carbocycles. The van der Waals surface area contributed by atoms with Gasteiger partial charge in [0.25, 0.3) is 0 Å². The third-order valence-corrected chi connectivity index (χ3v) is 4.87. The van der Waals surface area contributed by atoms with Crippen LogP contribution < -0.4 is 5.73 Å². The normalized spacial score (nSPS) is 34.2. The Morgan fingerprint density at radius 3 is 2.41 bits per heavy atom. The lowest BCUT2D eigenvalue weighted by atomic mass is 9.76. The lowest BCUT2D eigenvalue weighted by molar-refractivity contribution is 0.0738. The molecule has 3 atom stereocenters. The molecule has 0 saturated heterocycles. The van der Waals surface area contributed by atoms with Gasteiger partial charge in [0, 0.05) is 12.1 Å². The molecule has 0 aliphatic heterocycles. The van der Waals surface area contributed by atoms with Gasteiger partial charge >= 0.3 is 0 Å². The van der Waals surface area contributed by atoms with Crippen LogP contribution in [0.15, 0.2) is 0 Å². The minimum atomic E-state index is 0.768. The average Bonchev–Trinajstić information content (AvgIpc) is 3.19. The topological polar surface area (TPSA) is 29.3 Å². The summed E-state index contributed by atoms with van der Waals surface area (Å²) in [5.41, 5.74) is 6.01.